The second kappa shape index (κ2) is 6.48. The number of benzene rings is 1. The van der Waals surface area contributed by atoms with Crippen molar-refractivity contribution in [3.63, 3.8) is 0 Å². The molecule has 1 aromatic carbocycles. The van der Waals surface area contributed by atoms with Crippen molar-refractivity contribution in [3.05, 3.63) is 47.9 Å². The Morgan fingerprint density at radius 3 is 2.83 bits per heavy atom. The Hall–Kier alpha value is -2.61. The summed E-state index contributed by atoms with van der Waals surface area (Å²) in [6, 6.07) is 7.81. The van der Waals surface area contributed by atoms with Crippen LogP contribution in [-0.4, -0.2) is 20.2 Å². The third-order valence-electron chi connectivity index (χ3n) is 3.71. The summed E-state index contributed by atoms with van der Waals surface area (Å²) in [6.45, 7) is 0. The van der Waals surface area contributed by atoms with Gasteiger partial charge in [0.1, 0.15) is 5.76 Å². The van der Waals surface area contributed by atoms with Gasteiger partial charge < -0.3 is 9.73 Å². The minimum atomic E-state index is -3.94. The highest BCUT2D eigenvalue weighted by atomic mass is 32.2. The molecular formula is C16H16N2O5S. The molecule has 1 aromatic heterocycles. The molecule has 0 radical (unpaired) electrons. The number of hydrogen-bond acceptors (Lipinski definition) is 5. The van der Waals surface area contributed by atoms with Crippen LogP contribution in [0.1, 0.15) is 24.2 Å². The van der Waals surface area contributed by atoms with Crippen LogP contribution >= 0.6 is 0 Å². The number of nitrogens with one attached hydrogen (secondary N) is 2. The molecule has 0 unspecified atom stereocenters. The lowest BCUT2D eigenvalue weighted by Crippen LogP contribution is -2.31. The van der Waals surface area contributed by atoms with Gasteiger partial charge in [0.25, 0.3) is 10.0 Å². The number of anilines is 1. The molecule has 2 amide bonds. The Labute approximate surface area is 139 Å². The van der Waals surface area contributed by atoms with Crippen LogP contribution in [0, 0.1) is 0 Å². The first-order chi connectivity index (χ1) is 11.4. The first-order valence-corrected chi connectivity index (χ1v) is 8.93. The largest absolute Gasteiger partial charge is 0.469 e. The third-order valence-corrected chi connectivity index (χ3v) is 5.08. The van der Waals surface area contributed by atoms with Gasteiger partial charge in [0.2, 0.25) is 11.8 Å². The molecule has 0 saturated heterocycles. The summed E-state index contributed by atoms with van der Waals surface area (Å²) in [6.07, 6.45) is 2.61. The van der Waals surface area contributed by atoms with Gasteiger partial charge in [0.05, 0.1) is 11.2 Å². The van der Waals surface area contributed by atoms with Crippen molar-refractivity contribution >= 4 is 27.5 Å². The maximum atomic E-state index is 12.3. The molecule has 0 fully saturated rings. The molecule has 8 heteroatoms. The lowest BCUT2D eigenvalue weighted by Gasteiger charge is -2.17. The number of amides is 2. The van der Waals surface area contributed by atoms with Gasteiger partial charge in [-0.3, -0.25) is 9.59 Å². The average Bonchev–Trinajstić information content (AvgIpc) is 3.05. The molecule has 2 heterocycles. The van der Waals surface area contributed by atoms with Gasteiger partial charge in [-0.05, 0) is 42.3 Å². The van der Waals surface area contributed by atoms with Gasteiger partial charge in [0.15, 0.2) is 0 Å². The number of aryl methyl sites for hydroxylation is 2. The van der Waals surface area contributed by atoms with Gasteiger partial charge in [-0.1, -0.05) is 0 Å². The molecule has 2 aromatic rings. The molecule has 2 N–H and O–H groups in total. The van der Waals surface area contributed by atoms with E-state index in [4.69, 9.17) is 4.42 Å². The van der Waals surface area contributed by atoms with Crippen LogP contribution < -0.4 is 10.0 Å². The standard InChI is InChI=1S/C16H16N2O5S/c19-15-7-3-11-10-13(5-6-14(11)17-15)24(21,22)18-16(20)8-4-12-2-1-9-23-12/h1-2,5-6,9-10H,3-4,7-8H2,(H,17,19)(H,18,20). The maximum absolute atomic E-state index is 12.3. The first-order valence-electron chi connectivity index (χ1n) is 7.45. The summed E-state index contributed by atoms with van der Waals surface area (Å²) in [7, 11) is -3.94. The topological polar surface area (TPSA) is 105 Å². The van der Waals surface area contributed by atoms with Crippen molar-refractivity contribution in [2.75, 3.05) is 5.32 Å². The minimum Gasteiger partial charge on any atom is -0.469 e. The smallest absolute Gasteiger partial charge is 0.264 e. The summed E-state index contributed by atoms with van der Waals surface area (Å²) in [5.41, 5.74) is 1.34. The zero-order valence-electron chi connectivity index (χ0n) is 12.7. The Kier molecular flexibility index (Phi) is 4.39. The summed E-state index contributed by atoms with van der Waals surface area (Å²) in [4.78, 5) is 23.2. The minimum absolute atomic E-state index is 0.00347. The van der Waals surface area contributed by atoms with E-state index in [1.54, 1.807) is 12.1 Å². The fraction of sp³-hybridized carbons (Fsp3) is 0.250. The quantitative estimate of drug-likeness (QED) is 0.854. The summed E-state index contributed by atoms with van der Waals surface area (Å²) < 4.78 is 31.8. The molecule has 0 atom stereocenters. The number of hydrogen-bond donors (Lipinski definition) is 2. The van der Waals surface area contributed by atoms with E-state index < -0.39 is 15.9 Å². The predicted octanol–water partition coefficient (Wildman–Crippen LogP) is 1.60. The molecular weight excluding hydrogens is 332 g/mol. The normalized spacial score (nSPS) is 13.9. The monoisotopic (exact) mass is 348 g/mol. The first kappa shape index (κ1) is 16.3. The number of furan rings is 1. The zero-order valence-corrected chi connectivity index (χ0v) is 13.6. The highest BCUT2D eigenvalue weighted by Crippen LogP contribution is 2.25. The van der Waals surface area contributed by atoms with Gasteiger partial charge in [-0.15, -0.1) is 0 Å². The van der Waals surface area contributed by atoms with Crippen LogP contribution in [0.5, 0.6) is 0 Å². The van der Waals surface area contributed by atoms with Crippen molar-refractivity contribution in [1.29, 1.82) is 0 Å². The Balaban J connectivity index is 1.68. The molecule has 7 nitrogen and oxygen atoms in total. The van der Waals surface area contributed by atoms with Crippen LogP contribution in [-0.2, 0) is 32.5 Å². The van der Waals surface area contributed by atoms with Crippen LogP contribution in [0.25, 0.3) is 0 Å². The number of rotatable bonds is 5. The lowest BCUT2D eigenvalue weighted by atomic mass is 10.0. The lowest BCUT2D eigenvalue weighted by molar-refractivity contribution is -0.119. The van der Waals surface area contributed by atoms with Crippen molar-refractivity contribution in [2.24, 2.45) is 0 Å². The molecule has 0 bridgehead atoms. The van der Waals surface area contributed by atoms with E-state index in [1.807, 2.05) is 0 Å². The van der Waals surface area contributed by atoms with Crippen molar-refractivity contribution in [3.8, 4) is 0 Å². The fourth-order valence-corrected chi connectivity index (χ4v) is 3.54. The summed E-state index contributed by atoms with van der Waals surface area (Å²) in [5.74, 6) is -0.0752. The van der Waals surface area contributed by atoms with E-state index in [0.29, 0.717) is 30.7 Å². The molecule has 24 heavy (non-hydrogen) atoms. The number of sulfonamides is 1. The van der Waals surface area contributed by atoms with E-state index in [2.05, 4.69) is 10.0 Å². The molecule has 126 valence electrons. The van der Waals surface area contributed by atoms with Gasteiger partial charge in [0, 0.05) is 24.9 Å². The van der Waals surface area contributed by atoms with Crippen molar-refractivity contribution in [1.82, 2.24) is 4.72 Å². The maximum Gasteiger partial charge on any atom is 0.264 e. The number of carbonyl (C=O) groups excluding carboxylic acids is 2. The summed E-state index contributed by atoms with van der Waals surface area (Å²) in [5, 5.41) is 2.68. The third kappa shape index (κ3) is 3.65. The van der Waals surface area contributed by atoms with E-state index in [9.17, 15) is 18.0 Å². The highest BCUT2D eigenvalue weighted by molar-refractivity contribution is 7.90. The van der Waals surface area contributed by atoms with Gasteiger partial charge in [-0.25, -0.2) is 13.1 Å². The molecule has 0 saturated carbocycles. The predicted molar refractivity (Wildman–Crippen MR) is 85.8 cm³/mol. The van der Waals surface area contributed by atoms with Gasteiger partial charge in [-0.2, -0.15) is 0 Å². The Morgan fingerprint density at radius 2 is 2.08 bits per heavy atom. The van der Waals surface area contributed by atoms with Crippen LogP contribution in [0.2, 0.25) is 0 Å². The zero-order chi connectivity index (χ0) is 17.2. The fourth-order valence-electron chi connectivity index (χ4n) is 2.48. The van der Waals surface area contributed by atoms with Crippen LogP contribution in [0.4, 0.5) is 5.69 Å². The highest BCUT2D eigenvalue weighted by Gasteiger charge is 2.21. The Bertz CT molecular complexity index is 872. The molecule has 1 aliphatic rings. The van der Waals surface area contributed by atoms with E-state index >= 15 is 0 Å². The van der Waals surface area contributed by atoms with E-state index in [-0.39, 0.29) is 17.2 Å². The summed E-state index contributed by atoms with van der Waals surface area (Å²) >= 11 is 0. The van der Waals surface area contributed by atoms with Gasteiger partial charge >= 0.3 is 0 Å². The van der Waals surface area contributed by atoms with E-state index in [1.165, 1.54) is 24.5 Å². The number of carbonyl (C=O) groups is 2. The average molecular weight is 348 g/mol. The second-order valence-corrected chi connectivity index (χ2v) is 7.16. The molecule has 1 aliphatic heterocycles. The molecule has 0 aliphatic carbocycles. The van der Waals surface area contributed by atoms with Crippen LogP contribution in [0.3, 0.4) is 0 Å². The van der Waals surface area contributed by atoms with Crippen molar-refractivity contribution < 1.29 is 22.4 Å². The molecule has 3 rings (SSSR count). The SMILES string of the molecule is O=C1CCc2cc(S(=O)(=O)NC(=O)CCc3ccco3)ccc2N1. The van der Waals surface area contributed by atoms with Crippen molar-refractivity contribution in [2.45, 2.75) is 30.6 Å². The second-order valence-electron chi connectivity index (χ2n) is 5.48. The Morgan fingerprint density at radius 1 is 1.25 bits per heavy atom. The van der Waals surface area contributed by atoms with E-state index in [0.717, 1.165) is 5.56 Å². The number of fused-ring (bicyclic) bond motifs is 1. The molecule has 0 spiro atoms. The van der Waals surface area contributed by atoms with Crippen LogP contribution in [0.15, 0.2) is 45.9 Å².